The molecule has 0 bridgehead atoms. The molecule has 2 rings (SSSR count). The molecule has 76 valence electrons. The second kappa shape index (κ2) is 4.28. The summed E-state index contributed by atoms with van der Waals surface area (Å²) in [5, 5.41) is 0.660. The Balaban J connectivity index is 2.34. The molecule has 0 aliphatic heterocycles. The molecule has 0 aliphatic carbocycles. The summed E-state index contributed by atoms with van der Waals surface area (Å²) in [4.78, 5) is 15.0. The van der Waals surface area contributed by atoms with Crippen LogP contribution in [0.5, 0.6) is 0 Å². The van der Waals surface area contributed by atoms with Crippen LogP contribution >= 0.6 is 11.6 Å². The molecular weight excluding hydrogens is 212 g/mol. The molecule has 0 spiro atoms. The van der Waals surface area contributed by atoms with Crippen molar-refractivity contribution in [2.75, 3.05) is 0 Å². The number of benzene rings is 1. The third-order valence-corrected chi connectivity index (χ3v) is 2.45. The Morgan fingerprint density at radius 3 is 2.80 bits per heavy atom. The summed E-state index contributed by atoms with van der Waals surface area (Å²) < 4.78 is 1.52. The van der Waals surface area contributed by atoms with Crippen LogP contribution in [0.25, 0.3) is 0 Å². The Morgan fingerprint density at radius 2 is 2.07 bits per heavy atom. The molecule has 3 nitrogen and oxygen atoms in total. The third-order valence-electron chi connectivity index (χ3n) is 2.08. The van der Waals surface area contributed by atoms with Gasteiger partial charge in [0.25, 0.3) is 0 Å². The number of rotatable bonds is 2. The lowest BCUT2D eigenvalue weighted by molar-refractivity contribution is 0.727. The van der Waals surface area contributed by atoms with Crippen LogP contribution < -0.4 is 5.69 Å². The summed E-state index contributed by atoms with van der Waals surface area (Å²) in [5.74, 6) is 0. The molecular formula is C11H9ClN2O. The first-order valence-corrected chi connectivity index (χ1v) is 4.90. The summed E-state index contributed by atoms with van der Waals surface area (Å²) in [6.45, 7) is 0.451. The van der Waals surface area contributed by atoms with E-state index >= 15 is 0 Å². The summed E-state index contributed by atoms with van der Waals surface area (Å²) in [6, 6.07) is 9.17. The van der Waals surface area contributed by atoms with Gasteiger partial charge in [0.15, 0.2) is 0 Å². The first-order valence-electron chi connectivity index (χ1n) is 4.52. The van der Waals surface area contributed by atoms with Crippen molar-refractivity contribution >= 4 is 11.6 Å². The minimum absolute atomic E-state index is 0.266. The van der Waals surface area contributed by atoms with Gasteiger partial charge in [0.05, 0.1) is 6.54 Å². The van der Waals surface area contributed by atoms with E-state index in [-0.39, 0.29) is 5.69 Å². The Hall–Kier alpha value is -1.61. The average molecular weight is 221 g/mol. The van der Waals surface area contributed by atoms with Gasteiger partial charge in [0.1, 0.15) is 0 Å². The van der Waals surface area contributed by atoms with Crippen LogP contribution in [0.3, 0.4) is 0 Å². The Labute approximate surface area is 92.0 Å². The molecule has 0 saturated heterocycles. The van der Waals surface area contributed by atoms with E-state index in [4.69, 9.17) is 11.6 Å². The topological polar surface area (TPSA) is 34.9 Å². The van der Waals surface area contributed by atoms with Crippen molar-refractivity contribution in [3.8, 4) is 0 Å². The van der Waals surface area contributed by atoms with E-state index < -0.39 is 0 Å². The number of aromatic nitrogens is 2. The molecule has 0 unspecified atom stereocenters. The highest BCUT2D eigenvalue weighted by molar-refractivity contribution is 6.31. The average Bonchev–Trinajstić information content (AvgIpc) is 2.24. The van der Waals surface area contributed by atoms with Gasteiger partial charge in [-0.2, -0.15) is 0 Å². The zero-order valence-electron chi connectivity index (χ0n) is 7.93. The molecule has 0 saturated carbocycles. The van der Waals surface area contributed by atoms with Gasteiger partial charge in [0.2, 0.25) is 0 Å². The Bertz CT molecular complexity index is 522. The summed E-state index contributed by atoms with van der Waals surface area (Å²) in [6.07, 6.45) is 3.17. The number of hydrogen-bond acceptors (Lipinski definition) is 2. The zero-order chi connectivity index (χ0) is 10.7. The highest BCUT2D eigenvalue weighted by Crippen LogP contribution is 2.15. The van der Waals surface area contributed by atoms with Crippen LogP contribution in [0, 0.1) is 0 Å². The summed E-state index contributed by atoms with van der Waals surface area (Å²) >= 11 is 5.99. The van der Waals surface area contributed by atoms with E-state index in [0.717, 1.165) is 5.56 Å². The van der Waals surface area contributed by atoms with E-state index in [0.29, 0.717) is 11.6 Å². The van der Waals surface area contributed by atoms with Crippen molar-refractivity contribution in [2.24, 2.45) is 0 Å². The van der Waals surface area contributed by atoms with Gasteiger partial charge in [-0.25, -0.2) is 9.78 Å². The first-order chi connectivity index (χ1) is 7.27. The predicted octanol–water partition coefficient (Wildman–Crippen LogP) is 1.95. The van der Waals surface area contributed by atoms with E-state index in [1.807, 2.05) is 18.2 Å². The minimum Gasteiger partial charge on any atom is -0.295 e. The normalized spacial score (nSPS) is 10.2. The fourth-order valence-corrected chi connectivity index (χ4v) is 1.51. The number of nitrogens with zero attached hydrogens (tertiary/aromatic N) is 2. The lowest BCUT2D eigenvalue weighted by Gasteiger charge is -2.05. The van der Waals surface area contributed by atoms with Gasteiger partial charge in [-0.15, -0.1) is 0 Å². The highest BCUT2D eigenvalue weighted by atomic mass is 35.5. The smallest absolute Gasteiger partial charge is 0.295 e. The van der Waals surface area contributed by atoms with E-state index in [9.17, 15) is 4.79 Å². The Morgan fingerprint density at radius 1 is 1.27 bits per heavy atom. The monoisotopic (exact) mass is 220 g/mol. The van der Waals surface area contributed by atoms with Crippen LogP contribution in [-0.4, -0.2) is 9.55 Å². The molecule has 4 heteroatoms. The second-order valence-corrected chi connectivity index (χ2v) is 3.53. The predicted molar refractivity (Wildman–Crippen MR) is 59.1 cm³/mol. The van der Waals surface area contributed by atoms with Crippen LogP contribution in [0.1, 0.15) is 5.56 Å². The van der Waals surface area contributed by atoms with Crippen LogP contribution in [0.15, 0.2) is 47.5 Å². The van der Waals surface area contributed by atoms with Crippen molar-refractivity contribution in [3.05, 3.63) is 63.8 Å². The summed E-state index contributed by atoms with van der Waals surface area (Å²) in [7, 11) is 0. The van der Waals surface area contributed by atoms with Crippen molar-refractivity contribution in [1.29, 1.82) is 0 Å². The van der Waals surface area contributed by atoms with Gasteiger partial charge >= 0.3 is 5.69 Å². The molecule has 1 heterocycles. The van der Waals surface area contributed by atoms with Crippen LogP contribution in [0.2, 0.25) is 5.02 Å². The fourth-order valence-electron chi connectivity index (χ4n) is 1.32. The van der Waals surface area contributed by atoms with Crippen LogP contribution in [-0.2, 0) is 6.54 Å². The van der Waals surface area contributed by atoms with Gasteiger partial charge in [-0.05, 0) is 17.7 Å². The van der Waals surface area contributed by atoms with E-state index in [1.54, 1.807) is 18.3 Å². The standard InChI is InChI=1S/C11H9ClN2O/c12-10-5-2-1-4-9(10)8-14-7-3-6-13-11(14)15/h1-7H,8H2. The Kier molecular flexibility index (Phi) is 2.83. The molecule has 0 amide bonds. The first kappa shape index (κ1) is 9.93. The maximum absolute atomic E-state index is 11.3. The third kappa shape index (κ3) is 2.25. The molecule has 0 atom stereocenters. The maximum atomic E-state index is 11.3. The number of halogens is 1. The lowest BCUT2D eigenvalue weighted by Crippen LogP contribution is -2.21. The van der Waals surface area contributed by atoms with Gasteiger partial charge in [-0.1, -0.05) is 29.8 Å². The largest absolute Gasteiger partial charge is 0.347 e. The number of hydrogen-bond donors (Lipinski definition) is 0. The molecule has 0 aliphatic rings. The molecule has 2 aromatic rings. The van der Waals surface area contributed by atoms with E-state index in [1.165, 1.54) is 10.8 Å². The molecule has 1 aromatic heterocycles. The fraction of sp³-hybridized carbons (Fsp3) is 0.0909. The molecule has 0 fully saturated rings. The highest BCUT2D eigenvalue weighted by Gasteiger charge is 2.01. The van der Waals surface area contributed by atoms with Gasteiger partial charge in [-0.3, -0.25) is 4.57 Å². The van der Waals surface area contributed by atoms with Crippen molar-refractivity contribution in [3.63, 3.8) is 0 Å². The quantitative estimate of drug-likeness (QED) is 0.776. The van der Waals surface area contributed by atoms with Crippen LogP contribution in [0.4, 0.5) is 0 Å². The molecule has 15 heavy (non-hydrogen) atoms. The lowest BCUT2D eigenvalue weighted by atomic mass is 10.2. The van der Waals surface area contributed by atoms with Crippen molar-refractivity contribution in [2.45, 2.75) is 6.54 Å². The van der Waals surface area contributed by atoms with Gasteiger partial charge < -0.3 is 0 Å². The SMILES string of the molecule is O=c1ncccn1Cc1ccccc1Cl. The molecule has 1 aromatic carbocycles. The second-order valence-electron chi connectivity index (χ2n) is 3.12. The molecule has 0 radical (unpaired) electrons. The zero-order valence-corrected chi connectivity index (χ0v) is 8.69. The van der Waals surface area contributed by atoms with Gasteiger partial charge in [0, 0.05) is 17.4 Å². The van der Waals surface area contributed by atoms with E-state index in [2.05, 4.69) is 4.98 Å². The maximum Gasteiger partial charge on any atom is 0.347 e. The summed E-state index contributed by atoms with van der Waals surface area (Å²) in [5.41, 5.74) is 0.645. The van der Waals surface area contributed by atoms with Crippen molar-refractivity contribution in [1.82, 2.24) is 9.55 Å². The minimum atomic E-state index is -0.266. The van der Waals surface area contributed by atoms with Crippen molar-refractivity contribution < 1.29 is 0 Å². The molecule has 0 N–H and O–H groups in total.